The molecule has 0 aromatic rings. The number of carbonyl (C=O) groups is 2. The summed E-state index contributed by atoms with van der Waals surface area (Å²) < 4.78 is 10.6. The first-order valence-electron chi connectivity index (χ1n) is 11.4. The second kappa shape index (κ2) is 11.4. The minimum absolute atomic E-state index is 0.00117. The van der Waals surface area contributed by atoms with Crippen molar-refractivity contribution in [3.8, 4) is 0 Å². The van der Waals surface area contributed by atoms with Crippen LogP contribution in [0.3, 0.4) is 0 Å². The van der Waals surface area contributed by atoms with Crippen molar-refractivity contribution >= 4 is 18.0 Å². The normalized spacial score (nSPS) is 19.6. The van der Waals surface area contributed by atoms with Crippen LogP contribution in [-0.4, -0.2) is 79.3 Å². The number of aliphatic imine (C=N–C) groups is 1. The topological polar surface area (TPSA) is 83.5 Å². The third-order valence-electron chi connectivity index (χ3n) is 5.51. The fourth-order valence-corrected chi connectivity index (χ4v) is 3.85. The summed E-state index contributed by atoms with van der Waals surface area (Å²) in [6.45, 7) is 14.7. The van der Waals surface area contributed by atoms with E-state index in [-0.39, 0.29) is 18.0 Å². The number of esters is 1. The molecule has 0 bridgehead atoms. The van der Waals surface area contributed by atoms with Crippen molar-refractivity contribution in [1.82, 2.24) is 15.1 Å². The minimum Gasteiger partial charge on any atom is -0.466 e. The van der Waals surface area contributed by atoms with Crippen LogP contribution >= 0.6 is 0 Å². The maximum Gasteiger partial charge on any atom is 0.410 e. The number of hydrogen-bond acceptors (Lipinski definition) is 5. The van der Waals surface area contributed by atoms with Gasteiger partial charge in [0.1, 0.15) is 5.60 Å². The van der Waals surface area contributed by atoms with Crippen molar-refractivity contribution in [3.63, 3.8) is 0 Å². The first-order valence-corrected chi connectivity index (χ1v) is 11.4. The number of ether oxygens (including phenoxy) is 2. The van der Waals surface area contributed by atoms with Gasteiger partial charge in [0.2, 0.25) is 0 Å². The van der Waals surface area contributed by atoms with Crippen LogP contribution in [0.25, 0.3) is 0 Å². The van der Waals surface area contributed by atoms with Crippen molar-refractivity contribution in [3.05, 3.63) is 0 Å². The lowest BCUT2D eigenvalue weighted by Gasteiger charge is -2.34. The summed E-state index contributed by atoms with van der Waals surface area (Å²) >= 11 is 0. The summed E-state index contributed by atoms with van der Waals surface area (Å²) in [5, 5.41) is 3.39. The number of amides is 1. The fraction of sp³-hybridized carbons (Fsp3) is 0.864. The quantitative estimate of drug-likeness (QED) is 0.415. The van der Waals surface area contributed by atoms with Gasteiger partial charge in [-0.05, 0) is 66.2 Å². The van der Waals surface area contributed by atoms with Gasteiger partial charge in [0.25, 0.3) is 0 Å². The maximum atomic E-state index is 12.2. The molecule has 0 saturated carbocycles. The van der Waals surface area contributed by atoms with Crippen molar-refractivity contribution in [2.24, 2.45) is 16.8 Å². The molecule has 1 amide bonds. The van der Waals surface area contributed by atoms with Crippen molar-refractivity contribution in [2.45, 2.75) is 65.9 Å². The third kappa shape index (κ3) is 7.69. The zero-order valence-corrected chi connectivity index (χ0v) is 19.4. The number of hydrogen-bond donors (Lipinski definition) is 1. The Hall–Kier alpha value is -1.99. The molecular formula is C22H40N4O4. The van der Waals surface area contributed by atoms with Gasteiger partial charge in [-0.2, -0.15) is 0 Å². The molecule has 8 nitrogen and oxygen atoms in total. The van der Waals surface area contributed by atoms with E-state index in [0.717, 1.165) is 70.9 Å². The zero-order valence-electron chi connectivity index (χ0n) is 19.4. The Bertz CT molecular complexity index is 586. The molecule has 8 heteroatoms. The molecule has 0 atom stereocenters. The summed E-state index contributed by atoms with van der Waals surface area (Å²) in [4.78, 5) is 33.1. The van der Waals surface area contributed by atoms with Crippen LogP contribution in [0, 0.1) is 11.8 Å². The molecule has 0 radical (unpaired) electrons. The fourth-order valence-electron chi connectivity index (χ4n) is 3.85. The van der Waals surface area contributed by atoms with Crippen LogP contribution in [0.4, 0.5) is 4.79 Å². The predicted octanol–water partition coefficient (Wildman–Crippen LogP) is 2.87. The van der Waals surface area contributed by atoms with E-state index in [2.05, 4.69) is 17.1 Å². The lowest BCUT2D eigenvalue weighted by molar-refractivity contribution is -0.149. The molecule has 2 fully saturated rings. The van der Waals surface area contributed by atoms with Gasteiger partial charge < -0.3 is 24.6 Å². The lowest BCUT2D eigenvalue weighted by atomic mass is 9.97. The average Bonchev–Trinajstić information content (AvgIpc) is 2.70. The Kier molecular flexibility index (Phi) is 9.24. The van der Waals surface area contributed by atoms with E-state index in [1.807, 2.05) is 27.7 Å². The third-order valence-corrected chi connectivity index (χ3v) is 5.51. The molecule has 2 aliphatic rings. The van der Waals surface area contributed by atoms with Crippen molar-refractivity contribution in [1.29, 1.82) is 0 Å². The lowest BCUT2D eigenvalue weighted by Crippen LogP contribution is -2.47. The molecule has 0 aromatic heterocycles. The number of likely N-dealkylation sites (tertiary alicyclic amines) is 2. The highest BCUT2D eigenvalue weighted by Crippen LogP contribution is 2.21. The van der Waals surface area contributed by atoms with Gasteiger partial charge in [-0.3, -0.25) is 9.79 Å². The summed E-state index contributed by atoms with van der Waals surface area (Å²) in [6.07, 6.45) is 3.26. The van der Waals surface area contributed by atoms with Crippen LogP contribution in [0.2, 0.25) is 0 Å². The Morgan fingerprint density at radius 1 is 1.00 bits per heavy atom. The van der Waals surface area contributed by atoms with E-state index in [9.17, 15) is 9.59 Å². The number of piperidine rings is 2. The number of guanidine groups is 1. The Morgan fingerprint density at radius 3 is 2.13 bits per heavy atom. The van der Waals surface area contributed by atoms with E-state index in [1.54, 1.807) is 4.90 Å². The van der Waals surface area contributed by atoms with Crippen LogP contribution in [-0.2, 0) is 14.3 Å². The predicted molar refractivity (Wildman–Crippen MR) is 117 cm³/mol. The Balaban J connectivity index is 1.82. The highest BCUT2D eigenvalue weighted by atomic mass is 16.6. The van der Waals surface area contributed by atoms with Gasteiger partial charge in [-0.15, -0.1) is 0 Å². The molecule has 0 aromatic carbocycles. The van der Waals surface area contributed by atoms with Gasteiger partial charge in [0.05, 0.1) is 12.5 Å². The van der Waals surface area contributed by atoms with Crippen LogP contribution < -0.4 is 5.32 Å². The van der Waals surface area contributed by atoms with Crippen molar-refractivity contribution in [2.75, 3.05) is 45.9 Å². The van der Waals surface area contributed by atoms with Crippen LogP contribution in [0.15, 0.2) is 4.99 Å². The first-order chi connectivity index (χ1) is 14.2. The SMILES string of the molecule is CCNC(=NCC1CCN(C(=O)OC(C)(C)C)CC1)N1CCC(C(=O)OCC)CC1. The standard InChI is InChI=1S/C22H40N4O4/c1-6-23-20(25-14-10-18(11-15-25)19(27)29-7-2)24-16-17-8-12-26(13-9-17)21(28)30-22(3,4)5/h17-18H,6-16H2,1-5H3,(H,23,24). The highest BCUT2D eigenvalue weighted by molar-refractivity contribution is 5.80. The van der Waals surface area contributed by atoms with E-state index in [1.165, 1.54) is 0 Å². The van der Waals surface area contributed by atoms with Gasteiger partial charge in [-0.25, -0.2) is 4.79 Å². The summed E-state index contributed by atoms with van der Waals surface area (Å²) in [5.74, 6) is 1.32. The molecule has 2 aliphatic heterocycles. The Morgan fingerprint density at radius 2 is 1.60 bits per heavy atom. The molecule has 2 heterocycles. The molecule has 0 unspecified atom stereocenters. The molecule has 0 aliphatic carbocycles. The van der Waals surface area contributed by atoms with Gasteiger partial charge >= 0.3 is 12.1 Å². The number of nitrogens with zero attached hydrogens (tertiary/aromatic N) is 3. The average molecular weight is 425 g/mol. The van der Waals surface area contributed by atoms with Crippen molar-refractivity contribution < 1.29 is 19.1 Å². The van der Waals surface area contributed by atoms with Gasteiger partial charge in [-0.1, -0.05) is 0 Å². The largest absolute Gasteiger partial charge is 0.466 e. The maximum absolute atomic E-state index is 12.2. The summed E-state index contributed by atoms with van der Waals surface area (Å²) in [5.41, 5.74) is -0.459. The smallest absolute Gasteiger partial charge is 0.410 e. The first kappa shape index (κ1) is 24.3. The highest BCUT2D eigenvalue weighted by Gasteiger charge is 2.29. The summed E-state index contributed by atoms with van der Waals surface area (Å²) in [6, 6.07) is 0. The number of carbonyl (C=O) groups excluding carboxylic acids is 2. The van der Waals surface area contributed by atoms with Crippen LogP contribution in [0.5, 0.6) is 0 Å². The summed E-state index contributed by atoms with van der Waals surface area (Å²) in [7, 11) is 0. The number of nitrogens with one attached hydrogen (secondary N) is 1. The van der Waals surface area contributed by atoms with E-state index in [4.69, 9.17) is 14.5 Å². The zero-order chi connectivity index (χ0) is 22.1. The molecule has 1 N–H and O–H groups in total. The molecular weight excluding hydrogens is 384 g/mol. The minimum atomic E-state index is -0.459. The van der Waals surface area contributed by atoms with E-state index >= 15 is 0 Å². The van der Waals surface area contributed by atoms with Crippen LogP contribution in [0.1, 0.15) is 60.3 Å². The molecule has 172 valence electrons. The van der Waals surface area contributed by atoms with E-state index < -0.39 is 5.60 Å². The Labute approximate surface area is 181 Å². The molecule has 30 heavy (non-hydrogen) atoms. The van der Waals surface area contributed by atoms with E-state index in [0.29, 0.717) is 12.5 Å². The van der Waals surface area contributed by atoms with Gasteiger partial charge in [0, 0.05) is 39.3 Å². The van der Waals surface area contributed by atoms with Gasteiger partial charge in [0.15, 0.2) is 5.96 Å². The monoisotopic (exact) mass is 424 g/mol. The second-order valence-electron chi connectivity index (χ2n) is 9.12. The molecule has 2 saturated heterocycles. The second-order valence-corrected chi connectivity index (χ2v) is 9.12. The molecule has 2 rings (SSSR count). The molecule has 0 spiro atoms. The number of rotatable bonds is 5.